The molecule has 5 rings (SSSR count). The Morgan fingerprint density at radius 1 is 1.26 bits per heavy atom. The second-order valence-electron chi connectivity index (χ2n) is 8.58. The van der Waals surface area contributed by atoms with Crippen LogP contribution in [0.5, 0.6) is 11.5 Å². The number of amides is 2. The molecule has 2 amide bonds. The van der Waals surface area contributed by atoms with Crippen molar-refractivity contribution in [3.05, 3.63) is 59.1 Å². The monoisotopic (exact) mass is 462 g/mol. The third-order valence-corrected chi connectivity index (χ3v) is 6.32. The summed E-state index contributed by atoms with van der Waals surface area (Å²) in [5.41, 5.74) is 3.02. The highest BCUT2D eigenvalue weighted by atomic mass is 16.5. The molecule has 0 saturated carbocycles. The fourth-order valence-corrected chi connectivity index (χ4v) is 4.63. The minimum atomic E-state index is -0.490. The lowest BCUT2D eigenvalue weighted by Gasteiger charge is -2.30. The fraction of sp³-hybridized carbons (Fsp3) is 0.320. The van der Waals surface area contributed by atoms with E-state index in [1.165, 1.54) is 0 Å². The molecule has 4 aromatic rings. The maximum absolute atomic E-state index is 13.2. The van der Waals surface area contributed by atoms with Gasteiger partial charge in [0.05, 0.1) is 23.4 Å². The molecule has 0 aliphatic carbocycles. The molecule has 1 saturated heterocycles. The van der Waals surface area contributed by atoms with Gasteiger partial charge in [-0.2, -0.15) is 5.10 Å². The maximum atomic E-state index is 13.2. The number of carbonyl (C=O) groups is 2. The molecule has 1 fully saturated rings. The van der Waals surface area contributed by atoms with Crippen LogP contribution in [0.15, 0.2) is 41.1 Å². The number of nitrogens with one attached hydrogen (secondary N) is 1. The summed E-state index contributed by atoms with van der Waals surface area (Å²) in [5, 5.41) is 17.7. The number of aliphatic hydroxyl groups is 1. The largest absolute Gasteiger partial charge is 0.460 e. The molecule has 0 unspecified atom stereocenters. The highest BCUT2D eigenvalue weighted by Crippen LogP contribution is 2.34. The van der Waals surface area contributed by atoms with Crippen LogP contribution in [0.3, 0.4) is 0 Å². The summed E-state index contributed by atoms with van der Waals surface area (Å²) in [6, 6.07) is 7.06. The predicted molar refractivity (Wildman–Crippen MR) is 125 cm³/mol. The summed E-state index contributed by atoms with van der Waals surface area (Å²) in [7, 11) is 1.58. The summed E-state index contributed by atoms with van der Waals surface area (Å²) in [6.07, 6.45) is 4.32. The van der Waals surface area contributed by atoms with Gasteiger partial charge in [0.1, 0.15) is 22.6 Å². The van der Waals surface area contributed by atoms with Crippen LogP contribution in [0.2, 0.25) is 0 Å². The SMILES string of the molecule is CNC(=O)c1c(C)oc2cc(Oc3ccnn4cc(C(=O)N5CCC[C@@H](O)C5)c(C)c34)ccc12. The molecule has 9 nitrogen and oxygen atoms in total. The normalized spacial score (nSPS) is 16.2. The molecular weight excluding hydrogens is 436 g/mol. The number of piperidine rings is 1. The highest BCUT2D eigenvalue weighted by molar-refractivity contribution is 6.07. The second-order valence-corrected chi connectivity index (χ2v) is 8.58. The van der Waals surface area contributed by atoms with Crippen molar-refractivity contribution in [1.29, 1.82) is 0 Å². The quantitative estimate of drug-likeness (QED) is 0.481. The number of fused-ring (bicyclic) bond motifs is 2. The van der Waals surface area contributed by atoms with Crippen LogP contribution < -0.4 is 10.1 Å². The maximum Gasteiger partial charge on any atom is 0.255 e. The smallest absolute Gasteiger partial charge is 0.255 e. The van der Waals surface area contributed by atoms with E-state index in [1.807, 2.05) is 6.92 Å². The summed E-state index contributed by atoms with van der Waals surface area (Å²) >= 11 is 0. The number of aryl methyl sites for hydroxylation is 2. The Balaban J connectivity index is 1.49. The van der Waals surface area contributed by atoms with Crippen molar-refractivity contribution in [1.82, 2.24) is 19.8 Å². The molecule has 2 N–H and O–H groups in total. The van der Waals surface area contributed by atoms with Crippen molar-refractivity contribution in [3.8, 4) is 11.5 Å². The fourth-order valence-electron chi connectivity index (χ4n) is 4.63. The number of hydrogen-bond donors (Lipinski definition) is 2. The van der Waals surface area contributed by atoms with E-state index >= 15 is 0 Å². The predicted octanol–water partition coefficient (Wildman–Crippen LogP) is 3.45. The van der Waals surface area contributed by atoms with Crippen LogP contribution >= 0.6 is 0 Å². The number of carbonyl (C=O) groups excluding carboxylic acids is 2. The van der Waals surface area contributed by atoms with Gasteiger partial charge >= 0.3 is 0 Å². The molecule has 0 bridgehead atoms. The van der Waals surface area contributed by atoms with E-state index in [1.54, 1.807) is 60.0 Å². The van der Waals surface area contributed by atoms with Gasteiger partial charge in [-0.3, -0.25) is 9.59 Å². The Labute approximate surface area is 195 Å². The topological polar surface area (TPSA) is 109 Å². The van der Waals surface area contributed by atoms with E-state index in [4.69, 9.17) is 9.15 Å². The zero-order valence-electron chi connectivity index (χ0n) is 19.3. The molecule has 176 valence electrons. The molecule has 0 radical (unpaired) electrons. The summed E-state index contributed by atoms with van der Waals surface area (Å²) < 4.78 is 13.6. The average molecular weight is 463 g/mol. The van der Waals surface area contributed by atoms with Crippen molar-refractivity contribution in [2.24, 2.45) is 0 Å². The number of β-amino-alcohol motifs (C(OH)–C–C–N with tert-alkyl or cyclic N) is 1. The van der Waals surface area contributed by atoms with Crippen molar-refractivity contribution < 1.29 is 23.8 Å². The minimum Gasteiger partial charge on any atom is -0.460 e. The van der Waals surface area contributed by atoms with Crippen molar-refractivity contribution in [3.63, 3.8) is 0 Å². The molecule has 1 aliphatic heterocycles. The van der Waals surface area contributed by atoms with Crippen LogP contribution in [0.1, 0.15) is 44.9 Å². The Morgan fingerprint density at radius 2 is 2.09 bits per heavy atom. The van der Waals surface area contributed by atoms with Gasteiger partial charge in [0, 0.05) is 43.9 Å². The van der Waals surface area contributed by atoms with Crippen molar-refractivity contribution in [2.75, 3.05) is 20.1 Å². The van der Waals surface area contributed by atoms with Gasteiger partial charge in [0.25, 0.3) is 11.8 Å². The third kappa shape index (κ3) is 3.67. The van der Waals surface area contributed by atoms with E-state index in [0.717, 1.165) is 12.0 Å². The van der Waals surface area contributed by atoms with Crippen molar-refractivity contribution in [2.45, 2.75) is 32.8 Å². The molecule has 34 heavy (non-hydrogen) atoms. The Morgan fingerprint density at radius 3 is 2.85 bits per heavy atom. The first-order valence-electron chi connectivity index (χ1n) is 11.2. The molecular formula is C25H26N4O5. The standard InChI is InChI=1S/C25H26N4O5/c1-14-19(25(32)28-10-4-5-16(30)12-28)13-29-23(14)20(8-9-27-29)34-17-6-7-18-21(11-17)33-15(2)22(18)24(31)26-3/h6-9,11,13,16,30H,4-5,10,12H2,1-3H3,(H,26,31)/t16-/m1/s1. The first-order valence-corrected chi connectivity index (χ1v) is 11.2. The number of benzene rings is 1. The van der Waals surface area contributed by atoms with Gasteiger partial charge in [0.2, 0.25) is 0 Å². The van der Waals surface area contributed by atoms with E-state index in [0.29, 0.717) is 64.4 Å². The van der Waals surface area contributed by atoms with Gasteiger partial charge in [-0.1, -0.05) is 0 Å². The Kier molecular flexibility index (Phi) is 5.49. The van der Waals surface area contributed by atoms with Crippen LogP contribution in [0, 0.1) is 13.8 Å². The van der Waals surface area contributed by atoms with Gasteiger partial charge in [-0.05, 0) is 44.4 Å². The van der Waals surface area contributed by atoms with Gasteiger partial charge < -0.3 is 24.5 Å². The van der Waals surface area contributed by atoms with E-state index in [-0.39, 0.29) is 11.8 Å². The molecule has 1 atom stereocenters. The number of likely N-dealkylation sites (tertiary alicyclic amines) is 1. The van der Waals surface area contributed by atoms with Crippen LogP contribution in [0.4, 0.5) is 0 Å². The lowest BCUT2D eigenvalue weighted by Crippen LogP contribution is -2.42. The van der Waals surface area contributed by atoms with Crippen LogP contribution in [-0.2, 0) is 0 Å². The first-order chi connectivity index (χ1) is 16.4. The van der Waals surface area contributed by atoms with Crippen LogP contribution in [-0.4, -0.2) is 57.7 Å². The number of furan rings is 1. The molecule has 1 aromatic carbocycles. The number of aliphatic hydroxyl groups excluding tert-OH is 1. The van der Waals surface area contributed by atoms with E-state index in [9.17, 15) is 14.7 Å². The first kappa shape index (κ1) is 22.0. The van der Waals surface area contributed by atoms with Gasteiger partial charge in [0.15, 0.2) is 5.75 Å². The second kappa shape index (κ2) is 8.49. The number of ether oxygens (including phenoxy) is 1. The zero-order valence-corrected chi connectivity index (χ0v) is 19.3. The molecule has 4 heterocycles. The van der Waals surface area contributed by atoms with Gasteiger partial charge in [-0.25, -0.2) is 4.52 Å². The Bertz CT molecular complexity index is 1420. The van der Waals surface area contributed by atoms with Crippen molar-refractivity contribution >= 4 is 28.3 Å². The summed E-state index contributed by atoms with van der Waals surface area (Å²) in [5.74, 6) is 1.28. The number of rotatable bonds is 4. The summed E-state index contributed by atoms with van der Waals surface area (Å²) in [6.45, 7) is 4.58. The van der Waals surface area contributed by atoms with E-state index < -0.39 is 6.10 Å². The highest BCUT2D eigenvalue weighted by Gasteiger charge is 2.27. The summed E-state index contributed by atoms with van der Waals surface area (Å²) in [4.78, 5) is 27.0. The van der Waals surface area contributed by atoms with Gasteiger partial charge in [-0.15, -0.1) is 0 Å². The molecule has 0 spiro atoms. The zero-order chi connectivity index (χ0) is 24.0. The third-order valence-electron chi connectivity index (χ3n) is 6.32. The lowest BCUT2D eigenvalue weighted by molar-refractivity contribution is 0.0473. The molecule has 1 aliphatic rings. The Hall–Kier alpha value is -3.85. The molecule has 9 heteroatoms. The number of aromatic nitrogens is 2. The van der Waals surface area contributed by atoms with Crippen LogP contribution in [0.25, 0.3) is 16.5 Å². The number of hydrogen-bond acceptors (Lipinski definition) is 6. The number of nitrogens with zero attached hydrogens (tertiary/aromatic N) is 3. The lowest BCUT2D eigenvalue weighted by atomic mass is 10.1. The average Bonchev–Trinajstić information content (AvgIpc) is 3.34. The van der Waals surface area contributed by atoms with E-state index in [2.05, 4.69) is 10.4 Å². The molecule has 3 aromatic heterocycles. The minimum absolute atomic E-state index is 0.123.